The van der Waals surface area contributed by atoms with E-state index >= 15 is 0 Å². The molecule has 1 aliphatic heterocycles. The summed E-state index contributed by atoms with van der Waals surface area (Å²) in [6.45, 7) is 5.46. The van der Waals surface area contributed by atoms with Crippen LogP contribution in [0.1, 0.15) is 31.7 Å². The van der Waals surface area contributed by atoms with Crippen LogP contribution in [0.5, 0.6) is 0 Å². The van der Waals surface area contributed by atoms with Gasteiger partial charge in [0.25, 0.3) is 0 Å². The van der Waals surface area contributed by atoms with Gasteiger partial charge in [-0.05, 0) is 65.4 Å². The van der Waals surface area contributed by atoms with Crippen molar-refractivity contribution in [2.24, 2.45) is 5.73 Å². The highest BCUT2D eigenvalue weighted by atomic mass is 15.2. The zero-order chi connectivity index (χ0) is 15.3. The first-order valence-corrected chi connectivity index (χ1v) is 8.20. The van der Waals surface area contributed by atoms with E-state index in [4.69, 9.17) is 5.73 Å². The largest absolute Gasteiger partial charge is 0.329 e. The molecule has 2 N–H and O–H groups in total. The van der Waals surface area contributed by atoms with Gasteiger partial charge in [-0.2, -0.15) is 0 Å². The molecule has 0 aromatic heterocycles. The third-order valence-corrected chi connectivity index (χ3v) is 5.32. The average Bonchev–Trinajstić information content (AvgIpc) is 2.53. The molecule has 2 rings (SSSR count). The van der Waals surface area contributed by atoms with Crippen molar-refractivity contribution in [1.82, 2.24) is 9.80 Å². The fraction of sp³-hybridized carbons (Fsp3) is 0.667. The van der Waals surface area contributed by atoms with Gasteiger partial charge in [-0.3, -0.25) is 4.90 Å². The Kier molecular flexibility index (Phi) is 5.80. The van der Waals surface area contributed by atoms with E-state index in [0.717, 1.165) is 19.4 Å². The lowest BCUT2D eigenvalue weighted by Crippen LogP contribution is -2.56. The summed E-state index contributed by atoms with van der Waals surface area (Å²) >= 11 is 0. The number of nitrogens with zero attached hydrogens (tertiary/aromatic N) is 2. The fourth-order valence-corrected chi connectivity index (χ4v) is 3.30. The highest BCUT2D eigenvalue weighted by Crippen LogP contribution is 2.26. The summed E-state index contributed by atoms with van der Waals surface area (Å²) in [5.41, 5.74) is 7.66. The zero-order valence-corrected chi connectivity index (χ0v) is 13.9. The maximum Gasteiger partial charge on any atom is 0.0306 e. The zero-order valence-electron chi connectivity index (χ0n) is 13.9. The molecule has 0 aliphatic carbocycles. The van der Waals surface area contributed by atoms with E-state index in [1.807, 2.05) is 0 Å². The second kappa shape index (κ2) is 7.39. The van der Waals surface area contributed by atoms with Crippen molar-refractivity contribution in [1.29, 1.82) is 0 Å². The molecule has 1 unspecified atom stereocenters. The summed E-state index contributed by atoms with van der Waals surface area (Å²) in [5, 5.41) is 0. The summed E-state index contributed by atoms with van der Waals surface area (Å²) in [5.74, 6) is 0. The first-order chi connectivity index (χ1) is 10.0. The summed E-state index contributed by atoms with van der Waals surface area (Å²) in [4.78, 5) is 4.98. The van der Waals surface area contributed by atoms with E-state index in [9.17, 15) is 0 Å². The Hall–Kier alpha value is -0.900. The summed E-state index contributed by atoms with van der Waals surface area (Å²) in [7, 11) is 4.49. The van der Waals surface area contributed by atoms with E-state index in [0.29, 0.717) is 6.04 Å². The van der Waals surface area contributed by atoms with Crippen LogP contribution in [0.15, 0.2) is 30.3 Å². The lowest BCUT2D eigenvalue weighted by atomic mass is 9.88. The van der Waals surface area contributed by atoms with Crippen molar-refractivity contribution in [2.75, 3.05) is 33.7 Å². The highest BCUT2D eigenvalue weighted by Gasteiger charge is 2.33. The van der Waals surface area contributed by atoms with Crippen LogP contribution in [0.2, 0.25) is 0 Å². The number of hydrogen-bond donors (Lipinski definition) is 1. The monoisotopic (exact) mass is 289 g/mol. The number of hydrogen-bond acceptors (Lipinski definition) is 3. The predicted molar refractivity (Wildman–Crippen MR) is 90.5 cm³/mol. The molecule has 0 bridgehead atoms. The quantitative estimate of drug-likeness (QED) is 0.872. The van der Waals surface area contributed by atoms with Crippen molar-refractivity contribution >= 4 is 0 Å². The van der Waals surface area contributed by atoms with Crippen molar-refractivity contribution < 1.29 is 0 Å². The van der Waals surface area contributed by atoms with Gasteiger partial charge >= 0.3 is 0 Å². The standard InChI is InChI=1S/C18H31N3/c1-18(15-19,12-9-16-7-5-4-6-8-16)21(3)17-10-13-20(2)14-11-17/h4-8,17H,9-15,19H2,1-3H3. The topological polar surface area (TPSA) is 32.5 Å². The molecular formula is C18H31N3. The van der Waals surface area contributed by atoms with Gasteiger partial charge in [0.2, 0.25) is 0 Å². The van der Waals surface area contributed by atoms with E-state index in [2.05, 4.69) is 61.2 Å². The number of rotatable bonds is 6. The van der Waals surface area contributed by atoms with Gasteiger partial charge in [0.1, 0.15) is 0 Å². The van der Waals surface area contributed by atoms with Gasteiger partial charge in [0, 0.05) is 18.1 Å². The first-order valence-electron chi connectivity index (χ1n) is 8.20. The number of aryl methyl sites for hydroxylation is 1. The minimum atomic E-state index is 0.0937. The normalized spacial score (nSPS) is 20.6. The summed E-state index contributed by atoms with van der Waals surface area (Å²) in [6, 6.07) is 11.4. The molecular weight excluding hydrogens is 258 g/mol. The van der Waals surface area contributed by atoms with Gasteiger partial charge in [-0.15, -0.1) is 0 Å². The van der Waals surface area contributed by atoms with Crippen LogP contribution in [0.3, 0.4) is 0 Å². The molecule has 0 amide bonds. The number of piperidine rings is 1. The molecule has 21 heavy (non-hydrogen) atoms. The summed E-state index contributed by atoms with van der Waals surface area (Å²) in [6.07, 6.45) is 4.74. The number of likely N-dealkylation sites (tertiary alicyclic amines) is 1. The van der Waals surface area contributed by atoms with Crippen LogP contribution < -0.4 is 5.73 Å². The van der Waals surface area contributed by atoms with Crippen molar-refractivity contribution in [3.63, 3.8) is 0 Å². The average molecular weight is 289 g/mol. The molecule has 0 radical (unpaired) electrons. The molecule has 3 nitrogen and oxygen atoms in total. The van der Waals surface area contributed by atoms with E-state index in [1.54, 1.807) is 0 Å². The van der Waals surface area contributed by atoms with Crippen LogP contribution in [0.25, 0.3) is 0 Å². The van der Waals surface area contributed by atoms with E-state index < -0.39 is 0 Å². The molecule has 0 saturated carbocycles. The Morgan fingerprint density at radius 3 is 2.43 bits per heavy atom. The lowest BCUT2D eigenvalue weighted by Gasteiger charge is -2.45. The predicted octanol–water partition coefficient (Wildman–Crippen LogP) is 2.36. The van der Waals surface area contributed by atoms with Crippen LogP contribution in [-0.4, -0.2) is 55.1 Å². The molecule has 1 saturated heterocycles. The first kappa shape index (κ1) is 16.5. The van der Waals surface area contributed by atoms with Gasteiger partial charge in [0.05, 0.1) is 0 Å². The Bertz CT molecular complexity index is 412. The minimum absolute atomic E-state index is 0.0937. The van der Waals surface area contributed by atoms with Crippen LogP contribution in [-0.2, 0) is 6.42 Å². The second-order valence-electron chi connectivity index (χ2n) is 6.83. The van der Waals surface area contributed by atoms with Crippen molar-refractivity contribution in [2.45, 2.75) is 44.2 Å². The Morgan fingerprint density at radius 2 is 1.86 bits per heavy atom. The summed E-state index contributed by atoms with van der Waals surface area (Å²) < 4.78 is 0. The Balaban J connectivity index is 1.95. The maximum atomic E-state index is 6.15. The Labute approximate surface area is 130 Å². The van der Waals surface area contributed by atoms with Crippen molar-refractivity contribution in [3.05, 3.63) is 35.9 Å². The molecule has 1 aromatic rings. The molecule has 3 heteroatoms. The van der Waals surface area contributed by atoms with Gasteiger partial charge in [0.15, 0.2) is 0 Å². The smallest absolute Gasteiger partial charge is 0.0306 e. The van der Waals surface area contributed by atoms with Crippen LogP contribution in [0.4, 0.5) is 0 Å². The van der Waals surface area contributed by atoms with E-state index in [-0.39, 0.29) is 5.54 Å². The van der Waals surface area contributed by atoms with Gasteiger partial charge < -0.3 is 10.6 Å². The third-order valence-electron chi connectivity index (χ3n) is 5.32. The molecule has 1 aliphatic rings. The van der Waals surface area contributed by atoms with Crippen molar-refractivity contribution in [3.8, 4) is 0 Å². The SMILES string of the molecule is CN1CCC(N(C)C(C)(CN)CCc2ccccc2)CC1. The maximum absolute atomic E-state index is 6.15. The minimum Gasteiger partial charge on any atom is -0.329 e. The van der Waals surface area contributed by atoms with Crippen LogP contribution in [0, 0.1) is 0 Å². The number of nitrogens with two attached hydrogens (primary N) is 1. The lowest BCUT2D eigenvalue weighted by molar-refractivity contribution is 0.0491. The number of likely N-dealkylation sites (N-methyl/N-ethyl adjacent to an activating group) is 1. The third kappa shape index (κ3) is 4.29. The second-order valence-corrected chi connectivity index (χ2v) is 6.83. The Morgan fingerprint density at radius 1 is 1.24 bits per heavy atom. The molecule has 1 heterocycles. The fourth-order valence-electron chi connectivity index (χ4n) is 3.30. The molecule has 1 aromatic carbocycles. The number of benzene rings is 1. The molecule has 1 atom stereocenters. The van der Waals surface area contributed by atoms with Gasteiger partial charge in [-0.25, -0.2) is 0 Å². The highest BCUT2D eigenvalue weighted by molar-refractivity contribution is 5.15. The molecule has 1 fully saturated rings. The molecule has 118 valence electrons. The molecule has 0 spiro atoms. The van der Waals surface area contributed by atoms with Gasteiger partial charge in [-0.1, -0.05) is 30.3 Å². The van der Waals surface area contributed by atoms with E-state index in [1.165, 1.54) is 31.5 Å². The van der Waals surface area contributed by atoms with Crippen LogP contribution >= 0.6 is 0 Å².